The van der Waals surface area contributed by atoms with Crippen LogP contribution in [0.1, 0.15) is 50.6 Å². The molecular formula is C27H31FN4O4. The number of benzene rings is 2. The molecule has 0 unspecified atom stereocenters. The van der Waals surface area contributed by atoms with E-state index >= 15 is 0 Å². The number of methoxy groups -OCH3 is 1. The number of aromatic hydroxyl groups is 1. The molecule has 0 radical (unpaired) electrons. The van der Waals surface area contributed by atoms with Gasteiger partial charge in [-0.25, -0.2) is 9.18 Å². The number of halogens is 1. The maximum atomic E-state index is 14.5. The van der Waals surface area contributed by atoms with Crippen LogP contribution in [0.25, 0.3) is 10.9 Å². The van der Waals surface area contributed by atoms with Crippen molar-refractivity contribution in [2.24, 2.45) is 0 Å². The van der Waals surface area contributed by atoms with Crippen LogP contribution in [0.2, 0.25) is 0 Å². The summed E-state index contributed by atoms with van der Waals surface area (Å²) in [5.74, 6) is -0.625. The Kier molecular flexibility index (Phi) is 5.51. The van der Waals surface area contributed by atoms with Crippen molar-refractivity contribution in [3.8, 4) is 11.5 Å². The average Bonchev–Trinajstić information content (AvgIpc) is 3.23. The lowest BCUT2D eigenvalue weighted by molar-refractivity contribution is -0.133. The largest absolute Gasteiger partial charge is 0.508 e. The smallest absolute Gasteiger partial charge is 0.328 e. The number of hydrogen-bond donors (Lipinski definition) is 3. The predicted octanol–water partition coefficient (Wildman–Crippen LogP) is 4.08. The highest BCUT2D eigenvalue weighted by atomic mass is 19.1. The fraction of sp³-hybridized carbons (Fsp3) is 0.407. The summed E-state index contributed by atoms with van der Waals surface area (Å²) in [5.41, 5.74) is 1.41. The summed E-state index contributed by atoms with van der Waals surface area (Å²) in [7, 11) is 1.41. The van der Waals surface area contributed by atoms with Crippen LogP contribution in [0, 0.1) is 5.82 Å². The number of nitrogens with one attached hydrogen (secondary N) is 2. The van der Waals surface area contributed by atoms with Gasteiger partial charge in [0.1, 0.15) is 17.3 Å². The molecule has 9 heteroatoms. The minimum absolute atomic E-state index is 0.0503. The van der Waals surface area contributed by atoms with E-state index in [1.54, 1.807) is 36.1 Å². The van der Waals surface area contributed by atoms with E-state index in [2.05, 4.69) is 10.3 Å². The van der Waals surface area contributed by atoms with Gasteiger partial charge in [0.25, 0.3) is 5.91 Å². The van der Waals surface area contributed by atoms with Gasteiger partial charge in [0.05, 0.1) is 7.11 Å². The number of aromatic amines is 1. The van der Waals surface area contributed by atoms with E-state index in [-0.39, 0.29) is 41.9 Å². The van der Waals surface area contributed by atoms with Gasteiger partial charge in [-0.2, -0.15) is 0 Å². The maximum absolute atomic E-state index is 14.5. The highest BCUT2D eigenvalue weighted by Gasteiger charge is 2.60. The van der Waals surface area contributed by atoms with Gasteiger partial charge in [-0.1, -0.05) is 12.1 Å². The van der Waals surface area contributed by atoms with Crippen LogP contribution < -0.4 is 10.1 Å². The molecule has 3 aromatic rings. The van der Waals surface area contributed by atoms with Crippen LogP contribution in [0.5, 0.6) is 11.5 Å². The molecule has 3 amide bonds. The number of hydrogen-bond acceptors (Lipinski definition) is 5. The Balaban J connectivity index is 1.66. The lowest BCUT2D eigenvalue weighted by Gasteiger charge is -2.42. The van der Waals surface area contributed by atoms with Crippen molar-refractivity contribution in [1.29, 1.82) is 0 Å². The molecule has 2 aliphatic rings. The van der Waals surface area contributed by atoms with E-state index in [1.807, 2.05) is 26.8 Å². The molecule has 0 aliphatic carbocycles. The molecule has 0 spiro atoms. The van der Waals surface area contributed by atoms with E-state index in [9.17, 15) is 19.1 Å². The second-order valence-corrected chi connectivity index (χ2v) is 10.8. The second kappa shape index (κ2) is 8.23. The van der Waals surface area contributed by atoms with Gasteiger partial charge >= 0.3 is 6.03 Å². The van der Waals surface area contributed by atoms with Crippen molar-refractivity contribution in [3.05, 3.63) is 59.0 Å². The van der Waals surface area contributed by atoms with Crippen LogP contribution in [-0.2, 0) is 11.2 Å². The zero-order valence-corrected chi connectivity index (χ0v) is 21.1. The lowest BCUT2D eigenvalue weighted by atomic mass is 9.81. The molecule has 1 aromatic heterocycles. The van der Waals surface area contributed by atoms with Crippen LogP contribution in [-0.4, -0.2) is 63.1 Å². The van der Waals surface area contributed by atoms with E-state index in [1.165, 1.54) is 18.1 Å². The molecular weight excluding hydrogens is 463 g/mol. The van der Waals surface area contributed by atoms with Gasteiger partial charge in [-0.15, -0.1) is 0 Å². The number of fused-ring (bicyclic) bond motifs is 4. The van der Waals surface area contributed by atoms with Crippen LogP contribution >= 0.6 is 0 Å². The Morgan fingerprint density at radius 2 is 2.00 bits per heavy atom. The minimum Gasteiger partial charge on any atom is -0.508 e. The second-order valence-electron chi connectivity index (χ2n) is 10.8. The topological polar surface area (TPSA) is 97.9 Å². The number of phenolic OH excluding ortho intramolecular Hbond substituents is 1. The number of rotatable bonds is 5. The van der Waals surface area contributed by atoms with E-state index < -0.39 is 17.4 Å². The van der Waals surface area contributed by atoms with Crippen molar-refractivity contribution >= 4 is 22.8 Å². The first kappa shape index (κ1) is 24.1. The highest BCUT2D eigenvalue weighted by Crippen LogP contribution is 2.49. The number of nitrogens with zero attached hydrogens (tertiary/aromatic N) is 2. The zero-order chi connectivity index (χ0) is 26.0. The van der Waals surface area contributed by atoms with Gasteiger partial charge < -0.3 is 20.1 Å². The van der Waals surface area contributed by atoms with Gasteiger partial charge in [0.15, 0.2) is 11.6 Å². The molecule has 1 fully saturated rings. The first-order valence-corrected chi connectivity index (χ1v) is 12.0. The summed E-state index contributed by atoms with van der Waals surface area (Å²) < 4.78 is 19.7. The summed E-state index contributed by atoms with van der Waals surface area (Å²) >= 11 is 0. The Hall–Kier alpha value is -3.59. The predicted molar refractivity (Wildman–Crippen MR) is 134 cm³/mol. The summed E-state index contributed by atoms with van der Waals surface area (Å²) in [4.78, 5) is 33.8. The average molecular weight is 495 g/mol. The molecule has 1 saturated heterocycles. The number of carbonyl (C=O) groups is 2. The maximum Gasteiger partial charge on any atom is 0.328 e. The molecule has 190 valence electrons. The van der Waals surface area contributed by atoms with E-state index in [4.69, 9.17) is 4.74 Å². The van der Waals surface area contributed by atoms with Crippen molar-refractivity contribution in [2.75, 3.05) is 20.2 Å². The highest BCUT2D eigenvalue weighted by molar-refractivity contribution is 6.08. The monoisotopic (exact) mass is 494 g/mol. The third-order valence-electron chi connectivity index (χ3n) is 7.12. The van der Waals surface area contributed by atoms with Crippen molar-refractivity contribution < 1.29 is 23.8 Å². The van der Waals surface area contributed by atoms with Crippen molar-refractivity contribution in [3.63, 3.8) is 0 Å². The van der Waals surface area contributed by atoms with Crippen LogP contribution in [0.15, 0.2) is 36.4 Å². The van der Waals surface area contributed by atoms with Crippen LogP contribution in [0.3, 0.4) is 0 Å². The fourth-order valence-corrected chi connectivity index (χ4v) is 5.45. The quantitative estimate of drug-likeness (QED) is 0.465. The van der Waals surface area contributed by atoms with Crippen molar-refractivity contribution in [2.45, 2.75) is 51.2 Å². The van der Waals surface area contributed by atoms with Crippen LogP contribution in [0.4, 0.5) is 9.18 Å². The summed E-state index contributed by atoms with van der Waals surface area (Å²) in [6, 6.07) is 8.60. The van der Waals surface area contributed by atoms with Gasteiger partial charge in [0.2, 0.25) is 0 Å². The Labute approximate surface area is 209 Å². The Bertz CT molecular complexity index is 1380. The molecule has 3 heterocycles. The van der Waals surface area contributed by atoms with E-state index in [0.29, 0.717) is 23.3 Å². The molecule has 2 aliphatic heterocycles. The molecule has 0 saturated carbocycles. The molecule has 36 heavy (non-hydrogen) atoms. The normalized spacial score (nSPS) is 21.8. The summed E-state index contributed by atoms with van der Waals surface area (Å²) in [6.07, 6.45) is 0.264. The third-order valence-corrected chi connectivity index (χ3v) is 7.12. The number of imide groups is 1. The summed E-state index contributed by atoms with van der Waals surface area (Å²) in [6.45, 7) is 8.56. The number of urea groups is 1. The zero-order valence-electron chi connectivity index (χ0n) is 21.1. The molecule has 2 aromatic carbocycles. The van der Waals surface area contributed by atoms with Gasteiger partial charge in [-0.05, 0) is 57.0 Å². The molecule has 5 rings (SSSR count). The number of amides is 3. The molecule has 8 nitrogen and oxygen atoms in total. The molecule has 2 atom stereocenters. The fourth-order valence-electron chi connectivity index (χ4n) is 5.45. The number of aromatic nitrogens is 1. The van der Waals surface area contributed by atoms with Gasteiger partial charge in [-0.3, -0.25) is 14.6 Å². The molecule has 0 bridgehead atoms. The number of ether oxygens (including phenoxy) is 1. The lowest BCUT2D eigenvalue weighted by Crippen LogP contribution is -2.53. The number of phenols is 1. The first-order valence-electron chi connectivity index (χ1n) is 12.0. The van der Waals surface area contributed by atoms with E-state index in [0.717, 1.165) is 10.9 Å². The third kappa shape index (κ3) is 3.69. The molecule has 3 N–H and O–H groups in total. The Morgan fingerprint density at radius 3 is 2.67 bits per heavy atom. The van der Waals surface area contributed by atoms with Gasteiger partial charge in [0, 0.05) is 47.7 Å². The van der Waals surface area contributed by atoms with Crippen molar-refractivity contribution in [1.82, 2.24) is 20.1 Å². The first-order chi connectivity index (χ1) is 16.9. The number of carbonyl (C=O) groups excluding carboxylic acids is 2. The summed E-state index contributed by atoms with van der Waals surface area (Å²) in [5, 5.41) is 14.3. The SMILES string of the molecule is COc1cc2c3c([nH]c2cc1F)[C@@H](c1cccc(O)c1)N1C(=O)N(CCNC(C)(C)C)C(=O)[C@]1(C)C3. The number of H-pyrrole nitrogens is 1. The minimum atomic E-state index is -1.15. The standard InChI is InChI=1S/C27H31FN4O4/c1-26(2,3)29-9-10-31-24(34)27(4)14-18-17-12-21(36-5)19(28)13-20(17)30-22(18)23(32(27)25(31)35)15-7-6-8-16(33)11-15/h6-8,11-13,23,29-30,33H,9-10,14H2,1-5H3/t23-,27+/m1/s1. The Morgan fingerprint density at radius 1 is 1.25 bits per heavy atom.